The molecule has 0 spiro atoms. The number of aromatic hydroxyl groups is 4. The molecular weight excluding hydrogens is 1730 g/mol. The number of morpholine rings is 2. The minimum Gasteiger partial charge on any atom is -0.507 e. The summed E-state index contributed by atoms with van der Waals surface area (Å²) in [6, 6.07) is 58.2. The molecule has 12 aromatic carbocycles. The zero-order valence-corrected chi connectivity index (χ0v) is 72.9. The van der Waals surface area contributed by atoms with E-state index in [1.165, 1.54) is 134 Å². The number of carbonyl (C=O) groups is 1. The van der Waals surface area contributed by atoms with Gasteiger partial charge in [-0.25, -0.2) is 33.7 Å². The summed E-state index contributed by atoms with van der Waals surface area (Å²) in [4.78, 5) is 16.1. The van der Waals surface area contributed by atoms with Crippen LogP contribution in [-0.4, -0.2) is 113 Å². The molecule has 0 bridgehead atoms. The normalized spacial score (nSPS) is 13.1. The Morgan fingerprint density at radius 2 is 0.883 bits per heavy atom. The lowest BCUT2D eigenvalue weighted by Gasteiger charge is -2.30. The number of amides is 1. The monoisotopic (exact) mass is 1810 g/mol. The number of anilines is 7. The number of azo groups is 2. The van der Waals surface area contributed by atoms with Crippen molar-refractivity contribution in [3.63, 3.8) is 0 Å². The number of aryl methyl sites for hydroxylation is 5. The predicted molar refractivity (Wildman–Crippen MR) is 484 cm³/mol. The molecule has 2 aliphatic rings. The van der Waals surface area contributed by atoms with E-state index in [2.05, 4.69) is 44.7 Å². The number of nitrogens with one attached hydrogen (secondary N) is 5. The molecule has 648 valence electrons. The zero-order chi connectivity index (χ0) is 91.1. The van der Waals surface area contributed by atoms with Crippen LogP contribution in [0.25, 0.3) is 21.5 Å². The van der Waals surface area contributed by atoms with E-state index < -0.39 is 46.0 Å². The summed E-state index contributed by atoms with van der Waals surface area (Å²) in [6.45, 7) is 11.9. The Morgan fingerprint density at radius 3 is 1.38 bits per heavy atom. The number of fused-ring (bicyclic) bond motifs is 2. The molecule has 2 fully saturated rings. The van der Waals surface area contributed by atoms with Gasteiger partial charge in [-0.3, -0.25) is 23.7 Å². The molecule has 13 aromatic rings. The topological polar surface area (TPSA) is 477 Å². The molecule has 9 N–H and O–H groups in total. The van der Waals surface area contributed by atoms with Gasteiger partial charge in [0.2, 0.25) is 0 Å². The van der Waals surface area contributed by atoms with Crippen molar-refractivity contribution in [2.75, 3.05) is 86.6 Å². The van der Waals surface area contributed by atoms with Crippen molar-refractivity contribution in [2.24, 2.45) is 20.5 Å². The highest BCUT2D eigenvalue weighted by Crippen LogP contribution is 2.46. The summed E-state index contributed by atoms with van der Waals surface area (Å²) in [6.07, 6.45) is 1.65. The second-order valence-electron chi connectivity index (χ2n) is 29.9. The van der Waals surface area contributed by atoms with Gasteiger partial charge in [-0.2, -0.15) is 26.2 Å². The molecule has 2 saturated heterocycles. The van der Waals surface area contributed by atoms with Gasteiger partial charge in [0, 0.05) is 47.7 Å². The molecule has 1 aromatic heterocycles. The van der Waals surface area contributed by atoms with Crippen molar-refractivity contribution in [1.82, 2.24) is 0 Å². The fraction of sp³-hybridized carbons (Fsp3) is 0.163. The maximum atomic E-state index is 14.1. The Kier molecular flexibility index (Phi) is 26.2. The first-order chi connectivity index (χ1) is 61.2. The summed E-state index contributed by atoms with van der Waals surface area (Å²) in [5.41, 5.74) is 7.91. The standard InChI is InChI=1S/C48H40N8O9S2.C44H38ClN7O7S2/c1-29-20-39(43(57)21-30(29)2)55-67(62,63)45-25-36(13-14-42(45)56-15-18-64-19-16-56)54-66(60,61)37-8-3-6-31(23-37)22-32-7-4-9-38-46(32)40(53-52-35-12-11-33(27-49)34(24-35)28-50)26-41(47(38)58)51-48(59)44-10-5-17-65-44;1-26-16-38(41(53)18-27(26)2)51-61(57,58)42-23-33(10-11-40(42)52-12-14-59-15-13-52)50-60(55,56)34-8-4-6-29(20-34)19-30-7-5-9-35-43(30)39(17-28(3)44(35)54)49-48-37-22-32(25-47)31(24-46)21-36(37)45/h3-14,17,20-21,23-26,54-55,57-58H,15-16,18-19,22H2,1-2H3,(H,51,59);4-11,16-18,20-23,50-51,53-54H,12-15,19H2,1-3H3. The number of ether oxygens (including phenoxy) is 2. The van der Waals surface area contributed by atoms with Gasteiger partial charge < -0.3 is 49.4 Å². The number of nitrogens with zero attached hydrogens (tertiary/aromatic N) is 10. The average Bonchev–Trinajstić information content (AvgIpc) is 0.834. The van der Waals surface area contributed by atoms with Crippen molar-refractivity contribution in [3.8, 4) is 47.3 Å². The third-order valence-corrected chi connectivity index (χ3v) is 27.2. The number of hydrogen-bond acceptors (Lipinski definition) is 26. The van der Waals surface area contributed by atoms with Crippen LogP contribution in [0.4, 0.5) is 62.6 Å². The molecule has 31 nitrogen and oxygen atoms in total. The summed E-state index contributed by atoms with van der Waals surface area (Å²) >= 11 is 6.38. The van der Waals surface area contributed by atoms with E-state index in [0.717, 1.165) is 22.3 Å². The fourth-order valence-electron chi connectivity index (χ4n) is 14.5. The Morgan fingerprint density at radius 1 is 0.430 bits per heavy atom. The van der Waals surface area contributed by atoms with Crippen LogP contribution < -0.4 is 34.0 Å². The molecule has 128 heavy (non-hydrogen) atoms. The van der Waals surface area contributed by atoms with Gasteiger partial charge in [0.15, 0.2) is 5.76 Å². The van der Waals surface area contributed by atoms with Gasteiger partial charge in [0.1, 0.15) is 62.8 Å². The Hall–Kier alpha value is -14.9. The van der Waals surface area contributed by atoms with Gasteiger partial charge >= 0.3 is 0 Å². The molecule has 3 heterocycles. The lowest BCUT2D eigenvalue weighted by molar-refractivity contribution is 0.0996. The zero-order valence-electron chi connectivity index (χ0n) is 68.9. The van der Waals surface area contributed by atoms with E-state index in [4.69, 9.17) is 25.5 Å². The summed E-state index contributed by atoms with van der Waals surface area (Å²) in [5, 5.41) is 104. The number of carbonyl (C=O) groups excluding carboxylic acids is 1. The van der Waals surface area contributed by atoms with E-state index in [-0.39, 0.29) is 139 Å². The Bertz CT molecular complexity index is 7390. The second-order valence-corrected chi connectivity index (χ2v) is 37.0. The van der Waals surface area contributed by atoms with Crippen LogP contribution in [-0.2, 0) is 62.4 Å². The van der Waals surface area contributed by atoms with Crippen molar-refractivity contribution < 1.29 is 72.8 Å². The summed E-state index contributed by atoms with van der Waals surface area (Å²) in [7, 11) is -17.4. The van der Waals surface area contributed by atoms with E-state index >= 15 is 0 Å². The third-order valence-electron chi connectivity index (χ3n) is 21.3. The van der Waals surface area contributed by atoms with Crippen LogP contribution >= 0.6 is 11.6 Å². The number of furan rings is 1. The molecule has 36 heteroatoms. The van der Waals surface area contributed by atoms with Gasteiger partial charge in [-0.1, -0.05) is 72.3 Å². The number of benzene rings is 12. The molecule has 0 unspecified atom stereocenters. The second kappa shape index (κ2) is 37.5. The highest BCUT2D eigenvalue weighted by Gasteiger charge is 2.31. The SMILES string of the molecule is Cc1cc(O)c(NS(=O)(=O)c2cc(NS(=O)(=O)c3cccc(Cc4cccc5c(O)c(C)cc(N=Nc6cc(C#N)c(C#N)cc6Cl)c45)c3)ccc2N2CCOCC2)cc1C.Cc1cc(O)c(NS(=O)(=O)c2cc(NS(=O)(=O)c3cccc(Cc4cccc5c(O)c(NC(=O)c6ccco6)cc(N=Nc6ccc(C#N)c(C#N)c6)c45)c3)ccc2N2CCOCC2)cc1C. The van der Waals surface area contributed by atoms with Crippen LogP contribution in [0, 0.1) is 79.9 Å². The van der Waals surface area contributed by atoms with Crippen LogP contribution in [0.15, 0.2) is 251 Å². The molecule has 0 saturated carbocycles. The first-order valence-corrected chi connectivity index (χ1v) is 45.6. The molecule has 15 rings (SSSR count). The van der Waals surface area contributed by atoms with Gasteiger partial charge in [0.25, 0.3) is 46.0 Å². The average molecular weight is 1810 g/mol. The molecule has 2 aliphatic heterocycles. The van der Waals surface area contributed by atoms with Crippen molar-refractivity contribution in [2.45, 2.75) is 67.0 Å². The van der Waals surface area contributed by atoms with E-state index in [9.17, 15) is 79.9 Å². The predicted octanol–water partition coefficient (Wildman–Crippen LogP) is 17.9. The van der Waals surface area contributed by atoms with E-state index in [1.54, 1.807) is 101 Å². The fourth-order valence-corrected chi connectivity index (χ4v) is 19.6. The van der Waals surface area contributed by atoms with E-state index in [0.29, 0.717) is 114 Å². The highest BCUT2D eigenvalue weighted by molar-refractivity contribution is 7.94. The first kappa shape index (κ1) is 89.4. The van der Waals surface area contributed by atoms with Crippen molar-refractivity contribution in [1.29, 1.82) is 21.0 Å². The maximum absolute atomic E-state index is 14.1. The number of rotatable bonds is 24. The van der Waals surface area contributed by atoms with Crippen molar-refractivity contribution >= 4 is 142 Å². The van der Waals surface area contributed by atoms with Crippen LogP contribution in [0.1, 0.15) is 82.9 Å². The van der Waals surface area contributed by atoms with Gasteiger partial charge in [-0.15, -0.1) is 15.3 Å². The van der Waals surface area contributed by atoms with Crippen molar-refractivity contribution in [3.05, 3.63) is 290 Å². The maximum Gasteiger partial charge on any atom is 0.291 e. The Labute approximate surface area is 741 Å². The van der Waals surface area contributed by atoms with Gasteiger partial charge in [0.05, 0.1) is 127 Å². The minimum absolute atomic E-state index is 0.00810. The largest absolute Gasteiger partial charge is 0.507 e. The first-order valence-electron chi connectivity index (χ1n) is 39.3. The quantitative estimate of drug-likeness (QED) is 0.0200. The number of phenolic OH excluding ortho intramolecular Hbond substituents is 4. The molecule has 1 amide bonds. The molecule has 0 radical (unpaired) electrons. The molecule has 0 atom stereocenters. The lowest BCUT2D eigenvalue weighted by Crippen LogP contribution is -2.37. The van der Waals surface area contributed by atoms with Gasteiger partial charge in [-0.05, 0) is 237 Å². The minimum atomic E-state index is -4.41. The van der Waals surface area contributed by atoms with Crippen LogP contribution in [0.5, 0.6) is 23.0 Å². The van der Waals surface area contributed by atoms with Crippen LogP contribution in [0.3, 0.4) is 0 Å². The number of nitriles is 4. The van der Waals surface area contributed by atoms with Crippen LogP contribution in [0.2, 0.25) is 5.02 Å². The number of phenols is 4. The molecular formula is C92H78ClN15O16S4. The lowest BCUT2D eigenvalue weighted by atomic mass is 9.95. The Balaban J connectivity index is 0.000000208. The summed E-state index contributed by atoms with van der Waals surface area (Å²) in [5.74, 6) is -1.43. The number of sulfonamides is 4. The smallest absolute Gasteiger partial charge is 0.291 e. The summed E-state index contributed by atoms with van der Waals surface area (Å²) < 4.78 is 139. The number of halogens is 1. The third kappa shape index (κ3) is 19.7. The highest BCUT2D eigenvalue weighted by atomic mass is 35.5. The molecule has 0 aliphatic carbocycles. The number of hydrogen-bond donors (Lipinski definition) is 9. The van der Waals surface area contributed by atoms with E-state index in [1.807, 2.05) is 40.1 Å².